The fourth-order valence-corrected chi connectivity index (χ4v) is 1.53. The van der Waals surface area contributed by atoms with Crippen molar-refractivity contribution in [2.75, 3.05) is 14.2 Å². The number of nitrogens with zero attached hydrogens (tertiary/aromatic N) is 1. The van der Waals surface area contributed by atoms with Crippen LogP contribution in [0.15, 0.2) is 24.3 Å². The third-order valence-corrected chi connectivity index (χ3v) is 2.55. The average Bonchev–Trinajstić information content (AvgIpc) is 2.46. The highest BCUT2D eigenvalue weighted by molar-refractivity contribution is 5.81. The molecule has 1 rings (SSSR count). The zero-order chi connectivity index (χ0) is 15.1. The number of methoxy groups -OCH3 is 2. The number of amides is 1. The molecule has 0 radical (unpaired) electrons. The molecule has 1 N–H and O–H groups in total. The van der Waals surface area contributed by atoms with Crippen molar-refractivity contribution >= 4 is 17.7 Å². The lowest BCUT2D eigenvalue weighted by atomic mass is 10.1. The molecule has 0 saturated heterocycles. The van der Waals surface area contributed by atoms with Crippen molar-refractivity contribution in [1.82, 2.24) is 5.32 Å². The van der Waals surface area contributed by atoms with Crippen molar-refractivity contribution in [3.05, 3.63) is 39.9 Å². The maximum atomic E-state index is 11.5. The summed E-state index contributed by atoms with van der Waals surface area (Å²) in [6.45, 7) is 0. The Morgan fingerprint density at radius 1 is 1.25 bits per heavy atom. The van der Waals surface area contributed by atoms with E-state index < -0.39 is 23.0 Å². The van der Waals surface area contributed by atoms with Gasteiger partial charge < -0.3 is 14.8 Å². The largest absolute Gasteiger partial charge is 0.467 e. The summed E-state index contributed by atoms with van der Waals surface area (Å²) < 4.78 is 8.99. The summed E-state index contributed by atoms with van der Waals surface area (Å²) in [7, 11) is 2.37. The third kappa shape index (κ3) is 4.23. The van der Waals surface area contributed by atoms with E-state index in [4.69, 9.17) is 0 Å². The molecule has 108 valence electrons. The lowest BCUT2D eigenvalue weighted by molar-refractivity contribution is -0.384. The molecular formula is C12H14N2O6. The van der Waals surface area contributed by atoms with Gasteiger partial charge >= 0.3 is 12.1 Å². The van der Waals surface area contributed by atoms with Crippen molar-refractivity contribution in [3.8, 4) is 0 Å². The fourth-order valence-electron chi connectivity index (χ4n) is 1.53. The summed E-state index contributed by atoms with van der Waals surface area (Å²) in [6.07, 6.45) is -0.623. The van der Waals surface area contributed by atoms with Gasteiger partial charge in [-0.1, -0.05) is 12.1 Å². The molecule has 0 saturated carbocycles. The van der Waals surface area contributed by atoms with Gasteiger partial charge in [-0.2, -0.15) is 0 Å². The smallest absolute Gasteiger partial charge is 0.407 e. The number of nitro groups is 1. The van der Waals surface area contributed by atoms with Crippen LogP contribution in [0.1, 0.15) is 5.56 Å². The van der Waals surface area contributed by atoms with Crippen LogP contribution >= 0.6 is 0 Å². The molecule has 0 aliphatic rings. The van der Waals surface area contributed by atoms with Gasteiger partial charge in [0.2, 0.25) is 0 Å². The molecule has 0 fully saturated rings. The van der Waals surface area contributed by atoms with Crippen LogP contribution in [-0.4, -0.2) is 37.2 Å². The Hall–Kier alpha value is -2.64. The normalized spacial score (nSPS) is 11.3. The second kappa shape index (κ2) is 7.07. The lowest BCUT2D eigenvalue weighted by Gasteiger charge is -2.15. The highest BCUT2D eigenvalue weighted by Crippen LogP contribution is 2.13. The molecule has 8 heteroatoms. The van der Waals surface area contributed by atoms with Gasteiger partial charge in [0.05, 0.1) is 19.1 Å². The van der Waals surface area contributed by atoms with E-state index >= 15 is 0 Å². The van der Waals surface area contributed by atoms with E-state index in [1.165, 1.54) is 38.5 Å². The number of hydrogen-bond acceptors (Lipinski definition) is 6. The maximum absolute atomic E-state index is 11.5. The van der Waals surface area contributed by atoms with E-state index in [2.05, 4.69) is 14.8 Å². The van der Waals surface area contributed by atoms with Crippen LogP contribution in [0.4, 0.5) is 10.5 Å². The van der Waals surface area contributed by atoms with Crippen molar-refractivity contribution in [2.45, 2.75) is 12.5 Å². The Morgan fingerprint density at radius 2 is 1.85 bits per heavy atom. The molecular weight excluding hydrogens is 268 g/mol. The fraction of sp³-hybridized carbons (Fsp3) is 0.333. The van der Waals surface area contributed by atoms with E-state index in [0.717, 1.165) is 0 Å². The molecule has 0 spiro atoms. The van der Waals surface area contributed by atoms with E-state index in [1.807, 2.05) is 0 Å². The molecule has 1 aromatic carbocycles. The number of rotatable bonds is 5. The quantitative estimate of drug-likeness (QED) is 0.491. The number of benzene rings is 1. The van der Waals surface area contributed by atoms with Crippen LogP contribution < -0.4 is 5.32 Å². The minimum Gasteiger partial charge on any atom is -0.467 e. The Labute approximate surface area is 114 Å². The van der Waals surface area contributed by atoms with Crippen LogP contribution in [0.2, 0.25) is 0 Å². The average molecular weight is 282 g/mol. The summed E-state index contributed by atoms with van der Waals surface area (Å²) in [5, 5.41) is 12.9. The van der Waals surface area contributed by atoms with Gasteiger partial charge in [0.1, 0.15) is 6.04 Å². The zero-order valence-electron chi connectivity index (χ0n) is 11.0. The van der Waals surface area contributed by atoms with Crippen molar-refractivity contribution in [1.29, 1.82) is 0 Å². The first kappa shape index (κ1) is 15.4. The molecule has 8 nitrogen and oxygen atoms in total. The zero-order valence-corrected chi connectivity index (χ0v) is 11.0. The monoisotopic (exact) mass is 282 g/mol. The molecule has 20 heavy (non-hydrogen) atoms. The molecule has 0 aliphatic heterocycles. The van der Waals surface area contributed by atoms with Crippen LogP contribution in [0.5, 0.6) is 0 Å². The molecule has 0 aliphatic carbocycles. The summed E-state index contributed by atoms with van der Waals surface area (Å²) in [5.74, 6) is -0.631. The molecule has 1 aromatic rings. The number of hydrogen-bond donors (Lipinski definition) is 1. The summed E-state index contributed by atoms with van der Waals surface area (Å²) in [5.41, 5.74) is 0.590. The molecule has 1 atom stereocenters. The molecule has 0 bridgehead atoms. The van der Waals surface area contributed by atoms with Gasteiger partial charge in [0.25, 0.3) is 5.69 Å². The summed E-state index contributed by atoms with van der Waals surface area (Å²) in [6, 6.07) is 4.73. The van der Waals surface area contributed by atoms with Crippen LogP contribution in [0.3, 0.4) is 0 Å². The minimum atomic E-state index is -0.922. The number of carbonyl (C=O) groups is 2. The Bertz CT molecular complexity index is 499. The maximum Gasteiger partial charge on any atom is 0.407 e. The predicted octanol–water partition coefficient (Wildman–Crippen LogP) is 1.03. The first-order chi connectivity index (χ1) is 9.47. The van der Waals surface area contributed by atoms with Gasteiger partial charge in [0.15, 0.2) is 0 Å². The Kier molecular flexibility index (Phi) is 5.45. The van der Waals surface area contributed by atoms with Crippen LogP contribution in [0, 0.1) is 10.1 Å². The van der Waals surface area contributed by atoms with Gasteiger partial charge in [-0.3, -0.25) is 10.1 Å². The number of nitrogens with one attached hydrogen (secondary N) is 1. The van der Waals surface area contributed by atoms with E-state index in [0.29, 0.717) is 5.56 Å². The highest BCUT2D eigenvalue weighted by atomic mass is 16.6. The number of non-ortho nitro benzene ring substituents is 1. The molecule has 1 unspecified atom stereocenters. The van der Waals surface area contributed by atoms with E-state index in [9.17, 15) is 19.7 Å². The number of esters is 1. The first-order valence-electron chi connectivity index (χ1n) is 5.63. The van der Waals surface area contributed by atoms with Crippen molar-refractivity contribution in [2.24, 2.45) is 0 Å². The summed E-state index contributed by atoms with van der Waals surface area (Å²) in [4.78, 5) is 32.7. The highest BCUT2D eigenvalue weighted by Gasteiger charge is 2.22. The number of carbonyl (C=O) groups excluding carboxylic acids is 2. The predicted molar refractivity (Wildman–Crippen MR) is 68.1 cm³/mol. The van der Waals surface area contributed by atoms with Crippen molar-refractivity contribution < 1.29 is 24.0 Å². The lowest BCUT2D eigenvalue weighted by Crippen LogP contribution is -2.42. The van der Waals surface area contributed by atoms with Gasteiger partial charge in [0, 0.05) is 18.6 Å². The van der Waals surface area contributed by atoms with Crippen LogP contribution in [-0.2, 0) is 20.7 Å². The summed E-state index contributed by atoms with van der Waals surface area (Å²) >= 11 is 0. The van der Waals surface area contributed by atoms with E-state index in [-0.39, 0.29) is 12.1 Å². The molecule has 1 amide bonds. The van der Waals surface area contributed by atoms with Gasteiger partial charge in [-0.05, 0) is 5.56 Å². The molecule has 0 aromatic heterocycles. The van der Waals surface area contributed by atoms with E-state index in [1.54, 1.807) is 0 Å². The van der Waals surface area contributed by atoms with Crippen molar-refractivity contribution in [3.63, 3.8) is 0 Å². The number of nitro benzene ring substituents is 1. The minimum absolute atomic E-state index is 0.0516. The molecule has 0 heterocycles. The van der Waals surface area contributed by atoms with Crippen LogP contribution in [0.25, 0.3) is 0 Å². The number of alkyl carbamates (subject to hydrolysis) is 1. The first-order valence-corrected chi connectivity index (χ1v) is 5.63. The Balaban J connectivity index is 2.80. The standard InChI is InChI=1S/C12H14N2O6/c1-19-11(15)10(13-12(16)20-2)7-8-3-5-9(6-4-8)14(17)18/h3-6,10H,7H2,1-2H3,(H,13,16). The number of ether oxygens (including phenoxy) is 2. The Morgan fingerprint density at radius 3 is 2.30 bits per heavy atom. The topological polar surface area (TPSA) is 108 Å². The SMILES string of the molecule is COC(=O)NC(Cc1ccc([N+](=O)[O-])cc1)C(=O)OC. The second-order valence-electron chi connectivity index (χ2n) is 3.84. The van der Waals surface area contributed by atoms with Gasteiger partial charge in [-0.25, -0.2) is 9.59 Å². The second-order valence-corrected chi connectivity index (χ2v) is 3.84. The van der Waals surface area contributed by atoms with Gasteiger partial charge in [-0.15, -0.1) is 0 Å². The third-order valence-electron chi connectivity index (χ3n) is 2.55.